The minimum Gasteiger partial charge on any atom is -0.356 e. The summed E-state index contributed by atoms with van der Waals surface area (Å²) in [6.45, 7) is 0.223. The van der Waals surface area contributed by atoms with Crippen molar-refractivity contribution in [3.05, 3.63) is 30.0 Å². The van der Waals surface area contributed by atoms with Gasteiger partial charge in [-0.25, -0.2) is 4.79 Å². The lowest BCUT2D eigenvalue weighted by atomic mass is 10.2. The number of fused-ring (bicyclic) bond motifs is 1. The second-order valence-electron chi connectivity index (χ2n) is 2.53. The molecule has 0 saturated carbocycles. The van der Waals surface area contributed by atoms with Crippen LogP contribution in [0.3, 0.4) is 0 Å². The highest BCUT2D eigenvalue weighted by atomic mass is 16.5. The van der Waals surface area contributed by atoms with Gasteiger partial charge in [-0.3, -0.25) is 0 Å². The van der Waals surface area contributed by atoms with Gasteiger partial charge >= 0.3 is 0 Å². The Morgan fingerprint density at radius 3 is 3.15 bits per heavy atom. The van der Waals surface area contributed by atoms with Crippen molar-refractivity contribution in [2.45, 2.75) is 6.54 Å². The van der Waals surface area contributed by atoms with Gasteiger partial charge in [-0.05, 0) is 12.1 Å². The van der Waals surface area contributed by atoms with Crippen molar-refractivity contribution in [2.24, 2.45) is 4.99 Å². The molecule has 1 aromatic carbocycles. The van der Waals surface area contributed by atoms with Gasteiger partial charge in [0.2, 0.25) is 6.08 Å². The molecule has 0 spiro atoms. The number of aromatic nitrogens is 1. The molecule has 0 aliphatic rings. The van der Waals surface area contributed by atoms with E-state index in [1.165, 1.54) is 6.08 Å². The standard InChI is InChI=1S/C9H6N2O2/c12-6-10-5-8-7-3-1-2-4-9(7)13-11-8/h1-4H,5H2. The Morgan fingerprint density at radius 2 is 2.31 bits per heavy atom. The molecule has 2 aromatic rings. The molecule has 0 aliphatic heterocycles. The zero-order valence-corrected chi connectivity index (χ0v) is 6.73. The van der Waals surface area contributed by atoms with Crippen LogP contribution < -0.4 is 0 Å². The number of carbonyl (C=O) groups excluding carboxylic acids is 1. The zero-order valence-electron chi connectivity index (χ0n) is 6.73. The fraction of sp³-hybridized carbons (Fsp3) is 0.111. The van der Waals surface area contributed by atoms with E-state index >= 15 is 0 Å². The summed E-state index contributed by atoms with van der Waals surface area (Å²) in [6.07, 6.45) is 1.46. The van der Waals surface area contributed by atoms with Crippen LogP contribution in [-0.4, -0.2) is 11.2 Å². The molecular weight excluding hydrogens is 168 g/mol. The topological polar surface area (TPSA) is 55.5 Å². The van der Waals surface area contributed by atoms with E-state index in [1.54, 1.807) is 0 Å². The van der Waals surface area contributed by atoms with E-state index in [4.69, 9.17) is 4.52 Å². The SMILES string of the molecule is O=C=NCc1noc2ccccc12. The van der Waals surface area contributed by atoms with Gasteiger partial charge in [-0.1, -0.05) is 17.3 Å². The van der Waals surface area contributed by atoms with Gasteiger partial charge in [0.15, 0.2) is 5.58 Å². The first-order valence-corrected chi connectivity index (χ1v) is 3.79. The summed E-state index contributed by atoms with van der Waals surface area (Å²) in [5.74, 6) is 0. The molecule has 0 saturated heterocycles. The number of nitrogens with zero attached hydrogens (tertiary/aromatic N) is 2. The maximum atomic E-state index is 9.89. The summed E-state index contributed by atoms with van der Waals surface area (Å²) in [4.78, 5) is 13.3. The Hall–Kier alpha value is -1.93. The average Bonchev–Trinajstić information content (AvgIpc) is 2.58. The molecule has 4 nitrogen and oxygen atoms in total. The number of hydrogen-bond acceptors (Lipinski definition) is 4. The molecule has 0 bridgehead atoms. The van der Waals surface area contributed by atoms with Crippen LogP contribution in [0.25, 0.3) is 11.0 Å². The highest BCUT2D eigenvalue weighted by Gasteiger charge is 2.05. The van der Waals surface area contributed by atoms with E-state index in [9.17, 15) is 4.79 Å². The molecule has 0 atom stereocenters. The van der Waals surface area contributed by atoms with Gasteiger partial charge in [0, 0.05) is 5.39 Å². The summed E-state index contributed by atoms with van der Waals surface area (Å²) in [6, 6.07) is 7.44. The number of benzene rings is 1. The van der Waals surface area contributed by atoms with Crippen LogP contribution in [0.5, 0.6) is 0 Å². The number of hydrogen-bond donors (Lipinski definition) is 0. The van der Waals surface area contributed by atoms with Crippen LogP contribution in [0.4, 0.5) is 0 Å². The van der Waals surface area contributed by atoms with Gasteiger partial charge < -0.3 is 4.52 Å². The summed E-state index contributed by atoms with van der Waals surface area (Å²) in [7, 11) is 0. The van der Waals surface area contributed by atoms with Crippen LogP contribution in [-0.2, 0) is 11.3 Å². The number of aliphatic imine (C=N–C) groups is 1. The third kappa shape index (κ3) is 1.35. The molecule has 64 valence electrons. The molecule has 4 heteroatoms. The van der Waals surface area contributed by atoms with Gasteiger partial charge in [0.05, 0.1) is 6.54 Å². The van der Waals surface area contributed by atoms with E-state index in [1.807, 2.05) is 24.3 Å². The van der Waals surface area contributed by atoms with Crippen molar-refractivity contribution >= 4 is 17.0 Å². The van der Waals surface area contributed by atoms with Crippen molar-refractivity contribution in [1.29, 1.82) is 0 Å². The van der Waals surface area contributed by atoms with E-state index < -0.39 is 0 Å². The molecule has 0 N–H and O–H groups in total. The van der Waals surface area contributed by atoms with Crippen LogP contribution in [0.1, 0.15) is 5.69 Å². The maximum Gasteiger partial charge on any atom is 0.235 e. The van der Waals surface area contributed by atoms with E-state index in [2.05, 4.69) is 10.1 Å². The van der Waals surface area contributed by atoms with Gasteiger partial charge in [-0.15, -0.1) is 0 Å². The predicted octanol–water partition coefficient (Wildman–Crippen LogP) is 1.66. The normalized spacial score (nSPS) is 9.85. The molecule has 0 aliphatic carbocycles. The van der Waals surface area contributed by atoms with Gasteiger partial charge in [0.25, 0.3) is 0 Å². The van der Waals surface area contributed by atoms with E-state index in [0.717, 1.165) is 5.39 Å². The van der Waals surface area contributed by atoms with Crippen molar-refractivity contribution < 1.29 is 9.32 Å². The fourth-order valence-electron chi connectivity index (χ4n) is 1.16. The smallest absolute Gasteiger partial charge is 0.235 e. The number of isocyanates is 1. The van der Waals surface area contributed by atoms with Crippen molar-refractivity contribution in [1.82, 2.24) is 5.16 Å². The largest absolute Gasteiger partial charge is 0.356 e. The predicted molar refractivity (Wildman–Crippen MR) is 45.8 cm³/mol. The second-order valence-corrected chi connectivity index (χ2v) is 2.53. The van der Waals surface area contributed by atoms with E-state index in [0.29, 0.717) is 11.3 Å². The molecule has 13 heavy (non-hydrogen) atoms. The molecule has 0 unspecified atom stereocenters. The minimum absolute atomic E-state index is 0.223. The monoisotopic (exact) mass is 174 g/mol. The van der Waals surface area contributed by atoms with Crippen molar-refractivity contribution in [3.63, 3.8) is 0 Å². The molecular formula is C9H6N2O2. The highest BCUT2D eigenvalue weighted by Crippen LogP contribution is 2.17. The van der Waals surface area contributed by atoms with Crippen LogP contribution in [0, 0.1) is 0 Å². The molecule has 1 aromatic heterocycles. The Labute approximate surface area is 73.9 Å². The lowest BCUT2D eigenvalue weighted by molar-refractivity contribution is 0.446. The van der Waals surface area contributed by atoms with Gasteiger partial charge in [0.1, 0.15) is 5.69 Å². The van der Waals surface area contributed by atoms with Gasteiger partial charge in [-0.2, -0.15) is 4.99 Å². The average molecular weight is 174 g/mol. The second kappa shape index (κ2) is 3.21. The molecule has 0 radical (unpaired) electrons. The third-order valence-corrected chi connectivity index (χ3v) is 1.75. The molecule has 2 rings (SSSR count). The first-order valence-electron chi connectivity index (χ1n) is 3.79. The Balaban J connectivity index is 2.51. The quantitative estimate of drug-likeness (QED) is 0.514. The zero-order chi connectivity index (χ0) is 9.10. The Bertz CT molecular complexity index is 469. The summed E-state index contributed by atoms with van der Waals surface area (Å²) >= 11 is 0. The first-order chi connectivity index (χ1) is 6.42. The van der Waals surface area contributed by atoms with Crippen molar-refractivity contribution in [3.8, 4) is 0 Å². The summed E-state index contributed by atoms with van der Waals surface area (Å²) < 4.78 is 5.01. The molecule has 0 fully saturated rings. The molecule has 1 heterocycles. The first kappa shape index (κ1) is 7.71. The maximum absolute atomic E-state index is 9.89. The molecule has 0 amide bonds. The van der Waals surface area contributed by atoms with Crippen LogP contribution >= 0.6 is 0 Å². The lowest BCUT2D eigenvalue weighted by Gasteiger charge is -1.86. The van der Waals surface area contributed by atoms with E-state index in [-0.39, 0.29) is 6.54 Å². The highest BCUT2D eigenvalue weighted by molar-refractivity contribution is 5.79. The summed E-state index contributed by atoms with van der Waals surface area (Å²) in [5, 5.41) is 4.68. The number of rotatable bonds is 2. The van der Waals surface area contributed by atoms with Crippen LogP contribution in [0.15, 0.2) is 33.8 Å². The van der Waals surface area contributed by atoms with Crippen LogP contribution in [0.2, 0.25) is 0 Å². The lowest BCUT2D eigenvalue weighted by Crippen LogP contribution is -1.80. The minimum atomic E-state index is 0.223. The van der Waals surface area contributed by atoms with Crippen molar-refractivity contribution in [2.75, 3.05) is 0 Å². The summed E-state index contributed by atoms with van der Waals surface area (Å²) in [5.41, 5.74) is 1.37. The third-order valence-electron chi connectivity index (χ3n) is 1.75. The Morgan fingerprint density at radius 1 is 1.46 bits per heavy atom. The number of para-hydroxylation sites is 1. The fourth-order valence-corrected chi connectivity index (χ4v) is 1.16. The Kier molecular flexibility index (Phi) is 1.90.